The Hall–Kier alpha value is -0.840. The molecular weight excluding hydrogens is 297 g/mol. The van der Waals surface area contributed by atoms with Crippen molar-refractivity contribution < 1.29 is 4.79 Å². The zero-order valence-corrected chi connectivity index (χ0v) is 13.6. The normalized spacial score (nSPS) is 11.2. The largest absolute Gasteiger partial charge is 0.351 e. The zero-order valence-electron chi connectivity index (χ0n) is 12.1. The van der Waals surface area contributed by atoms with Gasteiger partial charge >= 0.3 is 0 Å². The second-order valence-corrected chi connectivity index (χ2v) is 5.80. The monoisotopic (exact) mass is 317 g/mol. The van der Waals surface area contributed by atoms with Crippen molar-refractivity contribution >= 4 is 29.1 Å². The van der Waals surface area contributed by atoms with Crippen molar-refractivity contribution in [1.29, 1.82) is 0 Å². The SMILES string of the molecule is CC(C)N(C)CCCCNC(=O)c1nc(Cl)ccc1Cl. The van der Waals surface area contributed by atoms with E-state index in [0.717, 1.165) is 19.4 Å². The minimum Gasteiger partial charge on any atom is -0.351 e. The molecule has 0 aliphatic rings. The highest BCUT2D eigenvalue weighted by atomic mass is 35.5. The highest BCUT2D eigenvalue weighted by Gasteiger charge is 2.12. The van der Waals surface area contributed by atoms with Crippen molar-refractivity contribution in [3.05, 3.63) is 28.0 Å². The first-order valence-corrected chi connectivity index (χ1v) is 7.48. The van der Waals surface area contributed by atoms with E-state index >= 15 is 0 Å². The van der Waals surface area contributed by atoms with Crippen LogP contribution in [0.25, 0.3) is 0 Å². The third kappa shape index (κ3) is 5.65. The van der Waals surface area contributed by atoms with E-state index in [1.807, 2.05) is 0 Å². The average molecular weight is 318 g/mol. The molecule has 0 saturated heterocycles. The zero-order chi connectivity index (χ0) is 15.1. The van der Waals surface area contributed by atoms with E-state index < -0.39 is 0 Å². The number of pyridine rings is 1. The van der Waals surface area contributed by atoms with Gasteiger partial charge in [-0.3, -0.25) is 4.79 Å². The highest BCUT2D eigenvalue weighted by molar-refractivity contribution is 6.34. The summed E-state index contributed by atoms with van der Waals surface area (Å²) in [4.78, 5) is 18.1. The van der Waals surface area contributed by atoms with Gasteiger partial charge in [-0.25, -0.2) is 4.98 Å². The summed E-state index contributed by atoms with van der Waals surface area (Å²) in [7, 11) is 2.10. The minimum atomic E-state index is -0.283. The van der Waals surface area contributed by atoms with E-state index in [9.17, 15) is 4.79 Å². The molecule has 4 nitrogen and oxygen atoms in total. The first kappa shape index (κ1) is 17.2. The lowest BCUT2D eigenvalue weighted by Gasteiger charge is -2.20. The molecule has 0 radical (unpaired) electrons. The van der Waals surface area contributed by atoms with E-state index in [4.69, 9.17) is 23.2 Å². The molecular formula is C14H21Cl2N3O. The van der Waals surface area contributed by atoms with Crippen LogP contribution in [0.3, 0.4) is 0 Å². The summed E-state index contributed by atoms with van der Waals surface area (Å²) in [6, 6.07) is 3.67. The van der Waals surface area contributed by atoms with Crippen LogP contribution in [0.4, 0.5) is 0 Å². The number of hydrogen-bond donors (Lipinski definition) is 1. The molecule has 1 amide bonds. The molecule has 0 unspecified atom stereocenters. The maximum absolute atomic E-state index is 11.9. The Kier molecular flexibility index (Phi) is 7.27. The van der Waals surface area contributed by atoms with Crippen LogP contribution in [0.1, 0.15) is 37.2 Å². The number of unbranched alkanes of at least 4 members (excludes halogenated alkanes) is 1. The van der Waals surface area contributed by atoms with Gasteiger partial charge in [-0.15, -0.1) is 0 Å². The molecule has 0 spiro atoms. The van der Waals surface area contributed by atoms with Crippen molar-refractivity contribution in [3.8, 4) is 0 Å². The highest BCUT2D eigenvalue weighted by Crippen LogP contribution is 2.16. The molecule has 0 aliphatic heterocycles. The lowest BCUT2D eigenvalue weighted by molar-refractivity contribution is 0.0947. The summed E-state index contributed by atoms with van der Waals surface area (Å²) < 4.78 is 0. The number of hydrogen-bond acceptors (Lipinski definition) is 3. The van der Waals surface area contributed by atoms with Crippen LogP contribution >= 0.6 is 23.2 Å². The summed E-state index contributed by atoms with van der Waals surface area (Å²) in [5.41, 5.74) is 0.179. The van der Waals surface area contributed by atoms with Crippen molar-refractivity contribution in [3.63, 3.8) is 0 Å². The van der Waals surface area contributed by atoms with Crippen LogP contribution in [-0.4, -0.2) is 42.0 Å². The molecule has 1 heterocycles. The average Bonchev–Trinajstić information content (AvgIpc) is 2.40. The first-order valence-electron chi connectivity index (χ1n) is 6.72. The summed E-state index contributed by atoms with van der Waals surface area (Å²) in [6.07, 6.45) is 1.95. The Morgan fingerprint density at radius 2 is 2.05 bits per heavy atom. The lowest BCUT2D eigenvalue weighted by atomic mass is 10.2. The molecule has 1 aromatic heterocycles. The van der Waals surface area contributed by atoms with Gasteiger partial charge in [0.2, 0.25) is 0 Å². The fourth-order valence-corrected chi connectivity index (χ4v) is 1.95. The smallest absolute Gasteiger partial charge is 0.271 e. The molecule has 0 saturated carbocycles. The Balaban J connectivity index is 2.32. The molecule has 1 N–H and O–H groups in total. The van der Waals surface area contributed by atoms with Crippen LogP contribution in [0.5, 0.6) is 0 Å². The van der Waals surface area contributed by atoms with E-state index in [2.05, 4.69) is 36.1 Å². The van der Waals surface area contributed by atoms with Gasteiger partial charge in [0.05, 0.1) is 5.02 Å². The first-order chi connectivity index (χ1) is 9.41. The predicted octanol–water partition coefficient (Wildman–Crippen LogP) is 3.24. The minimum absolute atomic E-state index is 0.179. The second kappa shape index (κ2) is 8.45. The summed E-state index contributed by atoms with van der Waals surface area (Å²) >= 11 is 11.7. The molecule has 6 heteroatoms. The molecule has 0 fully saturated rings. The summed E-state index contributed by atoms with van der Waals surface area (Å²) in [5, 5.41) is 3.38. The van der Waals surface area contributed by atoms with Crippen molar-refractivity contribution in [2.24, 2.45) is 0 Å². The quantitative estimate of drug-likeness (QED) is 0.620. The summed E-state index contributed by atoms with van der Waals surface area (Å²) in [6.45, 7) is 5.95. The van der Waals surface area contributed by atoms with Gasteiger partial charge in [0.15, 0.2) is 0 Å². The Morgan fingerprint density at radius 3 is 2.70 bits per heavy atom. The van der Waals surface area contributed by atoms with E-state index in [1.54, 1.807) is 12.1 Å². The molecule has 1 aromatic rings. The van der Waals surface area contributed by atoms with E-state index in [1.165, 1.54) is 0 Å². The van der Waals surface area contributed by atoms with E-state index in [-0.39, 0.29) is 16.8 Å². The fourth-order valence-electron chi connectivity index (χ4n) is 1.61. The van der Waals surface area contributed by atoms with Gasteiger partial charge in [-0.2, -0.15) is 0 Å². The molecule has 0 aliphatic carbocycles. The van der Waals surface area contributed by atoms with Crippen molar-refractivity contribution in [2.45, 2.75) is 32.7 Å². The van der Waals surface area contributed by atoms with Crippen molar-refractivity contribution in [2.75, 3.05) is 20.1 Å². The fraction of sp³-hybridized carbons (Fsp3) is 0.571. The number of halogens is 2. The lowest BCUT2D eigenvalue weighted by Crippen LogP contribution is -2.29. The Labute approximate surface area is 130 Å². The number of aromatic nitrogens is 1. The van der Waals surface area contributed by atoms with Crippen molar-refractivity contribution in [1.82, 2.24) is 15.2 Å². The van der Waals surface area contributed by atoms with E-state index in [0.29, 0.717) is 17.6 Å². The molecule has 0 bridgehead atoms. The van der Waals surface area contributed by atoms with Gasteiger partial charge in [-0.1, -0.05) is 23.2 Å². The number of carbonyl (C=O) groups excluding carboxylic acids is 1. The van der Waals surface area contributed by atoms with Crippen LogP contribution in [-0.2, 0) is 0 Å². The molecule has 20 heavy (non-hydrogen) atoms. The van der Waals surface area contributed by atoms with Crippen LogP contribution in [0.2, 0.25) is 10.2 Å². The van der Waals surface area contributed by atoms with Gasteiger partial charge < -0.3 is 10.2 Å². The number of nitrogens with one attached hydrogen (secondary N) is 1. The molecule has 112 valence electrons. The number of carbonyl (C=O) groups is 1. The second-order valence-electron chi connectivity index (χ2n) is 5.00. The third-order valence-corrected chi connectivity index (χ3v) is 3.65. The predicted molar refractivity (Wildman–Crippen MR) is 83.6 cm³/mol. The Bertz CT molecular complexity index is 452. The van der Waals surface area contributed by atoms with Crippen LogP contribution in [0, 0.1) is 0 Å². The van der Waals surface area contributed by atoms with Gasteiger partial charge in [0.1, 0.15) is 10.8 Å². The van der Waals surface area contributed by atoms with Crippen LogP contribution in [0.15, 0.2) is 12.1 Å². The maximum Gasteiger partial charge on any atom is 0.271 e. The molecule has 0 aromatic carbocycles. The summed E-state index contributed by atoms with van der Waals surface area (Å²) in [5.74, 6) is -0.283. The topological polar surface area (TPSA) is 45.2 Å². The Morgan fingerprint density at radius 1 is 1.35 bits per heavy atom. The number of nitrogens with zero attached hydrogens (tertiary/aromatic N) is 2. The standard InChI is InChI=1S/C14H21Cl2N3O/c1-10(2)19(3)9-5-4-8-17-14(20)13-11(15)6-7-12(16)18-13/h6-7,10H,4-5,8-9H2,1-3H3,(H,17,20). The van der Waals surface area contributed by atoms with Gasteiger partial charge in [-0.05, 0) is 52.4 Å². The number of amides is 1. The molecule has 1 rings (SSSR count). The maximum atomic E-state index is 11.9. The molecule has 0 atom stereocenters. The number of rotatable bonds is 7. The van der Waals surface area contributed by atoms with Gasteiger partial charge in [0, 0.05) is 12.6 Å². The van der Waals surface area contributed by atoms with Crippen LogP contribution < -0.4 is 5.32 Å². The third-order valence-electron chi connectivity index (χ3n) is 3.13. The van der Waals surface area contributed by atoms with Gasteiger partial charge in [0.25, 0.3) is 5.91 Å².